The van der Waals surface area contributed by atoms with Gasteiger partial charge in [-0.05, 0) is 56.7 Å². The van der Waals surface area contributed by atoms with Crippen LogP contribution in [0, 0.1) is 0 Å². The van der Waals surface area contributed by atoms with Crippen LogP contribution in [-0.2, 0) is 17.8 Å². The zero-order valence-electron chi connectivity index (χ0n) is 21.0. The molecular weight excluding hydrogens is 452 g/mol. The number of nitrogens with zero attached hydrogens (tertiary/aromatic N) is 3. The second-order valence-electron chi connectivity index (χ2n) is 8.86. The lowest BCUT2D eigenvalue weighted by molar-refractivity contribution is -0.119. The maximum atomic E-state index is 13.5. The van der Waals surface area contributed by atoms with E-state index in [2.05, 4.69) is 5.32 Å². The number of rotatable bonds is 10. The van der Waals surface area contributed by atoms with E-state index in [1.807, 2.05) is 90.0 Å². The number of anilines is 1. The molecule has 7 heteroatoms. The second kappa shape index (κ2) is 11.5. The van der Waals surface area contributed by atoms with Crippen LogP contribution in [0.4, 0.5) is 5.69 Å². The number of methoxy groups -OCH3 is 1. The van der Waals surface area contributed by atoms with Crippen LogP contribution < -0.4 is 15.0 Å². The molecule has 1 N–H and O–H groups in total. The fourth-order valence-electron chi connectivity index (χ4n) is 4.40. The summed E-state index contributed by atoms with van der Waals surface area (Å²) in [4.78, 5) is 32.7. The molecule has 186 valence electrons. The summed E-state index contributed by atoms with van der Waals surface area (Å²) in [5, 5.41) is 2.96. The maximum Gasteiger partial charge on any atom is 0.255 e. The van der Waals surface area contributed by atoms with Gasteiger partial charge < -0.3 is 19.5 Å². The minimum atomic E-state index is -0.174. The van der Waals surface area contributed by atoms with Gasteiger partial charge in [-0.2, -0.15) is 0 Å². The van der Waals surface area contributed by atoms with Crippen LogP contribution >= 0.6 is 0 Å². The number of benzene rings is 3. The summed E-state index contributed by atoms with van der Waals surface area (Å²) in [5.74, 6) is 1.20. The van der Waals surface area contributed by atoms with E-state index >= 15 is 0 Å². The minimum Gasteiger partial charge on any atom is -0.496 e. The number of imidazole rings is 1. The molecule has 0 aliphatic heterocycles. The topological polar surface area (TPSA) is 76.5 Å². The first kappa shape index (κ1) is 25.0. The molecule has 0 atom stereocenters. The van der Waals surface area contributed by atoms with E-state index in [9.17, 15) is 9.59 Å². The third-order valence-electron chi connectivity index (χ3n) is 6.06. The van der Waals surface area contributed by atoms with E-state index in [0.29, 0.717) is 30.7 Å². The van der Waals surface area contributed by atoms with Crippen molar-refractivity contribution in [3.63, 3.8) is 0 Å². The molecule has 4 aromatic rings. The highest BCUT2D eigenvalue weighted by Gasteiger charge is 2.22. The number of aromatic nitrogens is 2. The molecule has 0 saturated heterocycles. The van der Waals surface area contributed by atoms with Crippen molar-refractivity contribution < 1.29 is 14.3 Å². The van der Waals surface area contributed by atoms with Crippen LogP contribution in [0.25, 0.3) is 11.0 Å². The van der Waals surface area contributed by atoms with Gasteiger partial charge in [-0.15, -0.1) is 0 Å². The Morgan fingerprint density at radius 2 is 1.67 bits per heavy atom. The number of hydrogen-bond donors (Lipinski definition) is 1. The predicted molar refractivity (Wildman–Crippen MR) is 142 cm³/mol. The highest BCUT2D eigenvalue weighted by molar-refractivity contribution is 5.97. The Kier molecular flexibility index (Phi) is 8.00. The number of ether oxygens (including phenoxy) is 1. The van der Waals surface area contributed by atoms with Gasteiger partial charge in [-0.1, -0.05) is 42.5 Å². The number of amides is 2. The third-order valence-corrected chi connectivity index (χ3v) is 6.06. The molecule has 0 spiro atoms. The summed E-state index contributed by atoms with van der Waals surface area (Å²) in [6.07, 6.45) is 1.31. The van der Waals surface area contributed by atoms with Crippen LogP contribution in [0.5, 0.6) is 5.75 Å². The molecule has 0 bridgehead atoms. The van der Waals surface area contributed by atoms with Crippen LogP contribution in [0.15, 0.2) is 78.9 Å². The predicted octanol–water partition coefficient (Wildman–Crippen LogP) is 4.85. The average Bonchev–Trinajstić information content (AvgIpc) is 3.24. The molecule has 36 heavy (non-hydrogen) atoms. The van der Waals surface area contributed by atoms with E-state index in [1.54, 1.807) is 19.2 Å². The monoisotopic (exact) mass is 484 g/mol. The van der Waals surface area contributed by atoms with Gasteiger partial charge in [0.1, 0.15) is 18.1 Å². The van der Waals surface area contributed by atoms with Crippen LogP contribution in [0.1, 0.15) is 36.5 Å². The molecule has 1 heterocycles. The Morgan fingerprint density at radius 1 is 0.972 bits per heavy atom. The smallest absolute Gasteiger partial charge is 0.255 e. The standard InChI is InChI=1S/C29H32N4O3/c1-21(2)33(22-12-5-4-6-13-22)28(34)20-32-25-16-9-8-15-24(25)31-27(32)18-11-19-30-29(35)23-14-7-10-17-26(23)36-3/h4-10,12-17,21H,11,18-20H2,1-3H3,(H,30,35). The van der Waals surface area contributed by atoms with E-state index in [1.165, 1.54) is 0 Å². The first-order chi connectivity index (χ1) is 17.5. The zero-order valence-corrected chi connectivity index (χ0v) is 21.0. The van der Waals surface area contributed by atoms with Gasteiger partial charge in [-0.25, -0.2) is 4.98 Å². The lowest BCUT2D eigenvalue weighted by Gasteiger charge is -2.27. The molecule has 0 radical (unpaired) electrons. The zero-order chi connectivity index (χ0) is 25.5. The maximum absolute atomic E-state index is 13.5. The van der Waals surface area contributed by atoms with E-state index in [0.717, 1.165) is 22.5 Å². The largest absolute Gasteiger partial charge is 0.496 e. The highest BCUT2D eigenvalue weighted by Crippen LogP contribution is 2.21. The molecule has 0 aliphatic carbocycles. The Labute approximate surface area is 211 Å². The highest BCUT2D eigenvalue weighted by atomic mass is 16.5. The molecule has 3 aromatic carbocycles. The van der Waals surface area contributed by atoms with Crippen LogP contribution in [0.3, 0.4) is 0 Å². The third kappa shape index (κ3) is 5.57. The van der Waals surface area contributed by atoms with E-state index in [-0.39, 0.29) is 24.4 Å². The Hall–Kier alpha value is -4.13. The number of para-hydroxylation sites is 4. The molecule has 0 aliphatic rings. The number of carbonyl (C=O) groups is 2. The number of carbonyl (C=O) groups excluding carboxylic acids is 2. The fourth-order valence-corrected chi connectivity index (χ4v) is 4.40. The van der Waals surface area contributed by atoms with Crippen molar-refractivity contribution in [3.8, 4) is 5.75 Å². The van der Waals surface area contributed by atoms with Crippen molar-refractivity contribution in [1.29, 1.82) is 0 Å². The van der Waals surface area contributed by atoms with Gasteiger partial charge in [0.25, 0.3) is 5.91 Å². The summed E-state index contributed by atoms with van der Waals surface area (Å²) >= 11 is 0. The van der Waals surface area contributed by atoms with Gasteiger partial charge in [0.15, 0.2) is 0 Å². The van der Waals surface area contributed by atoms with Crippen molar-refractivity contribution in [2.24, 2.45) is 0 Å². The van der Waals surface area contributed by atoms with Crippen molar-refractivity contribution in [2.75, 3.05) is 18.6 Å². The van der Waals surface area contributed by atoms with Crippen molar-refractivity contribution in [3.05, 3.63) is 90.3 Å². The van der Waals surface area contributed by atoms with Crippen molar-refractivity contribution in [1.82, 2.24) is 14.9 Å². The van der Waals surface area contributed by atoms with Gasteiger partial charge in [0.2, 0.25) is 5.91 Å². The molecule has 1 aromatic heterocycles. The van der Waals surface area contributed by atoms with Crippen molar-refractivity contribution in [2.45, 2.75) is 39.3 Å². The number of fused-ring (bicyclic) bond motifs is 1. The number of hydrogen-bond acceptors (Lipinski definition) is 4. The SMILES string of the molecule is COc1ccccc1C(=O)NCCCc1nc2ccccc2n1CC(=O)N(c1ccccc1)C(C)C. The summed E-state index contributed by atoms with van der Waals surface area (Å²) in [7, 11) is 1.55. The molecule has 2 amide bonds. The van der Waals surface area contributed by atoms with Crippen LogP contribution in [-0.4, -0.2) is 41.1 Å². The van der Waals surface area contributed by atoms with Gasteiger partial charge in [0.05, 0.1) is 23.7 Å². The first-order valence-electron chi connectivity index (χ1n) is 12.2. The molecule has 0 unspecified atom stereocenters. The van der Waals surface area contributed by atoms with E-state index < -0.39 is 0 Å². The van der Waals surface area contributed by atoms with Gasteiger partial charge >= 0.3 is 0 Å². The lowest BCUT2D eigenvalue weighted by atomic mass is 10.2. The molecule has 4 rings (SSSR count). The average molecular weight is 485 g/mol. The van der Waals surface area contributed by atoms with Gasteiger partial charge in [0, 0.05) is 24.7 Å². The quantitative estimate of drug-likeness (QED) is 0.327. The number of nitrogens with one attached hydrogen (secondary N) is 1. The van der Waals surface area contributed by atoms with Crippen LogP contribution in [0.2, 0.25) is 0 Å². The second-order valence-corrected chi connectivity index (χ2v) is 8.86. The minimum absolute atomic E-state index is 0.00470. The number of aryl methyl sites for hydroxylation is 1. The summed E-state index contributed by atoms with van der Waals surface area (Å²) in [6.45, 7) is 4.71. The van der Waals surface area contributed by atoms with Crippen molar-refractivity contribution >= 4 is 28.5 Å². The Bertz CT molecular complexity index is 1330. The Morgan fingerprint density at radius 3 is 2.42 bits per heavy atom. The lowest BCUT2D eigenvalue weighted by Crippen LogP contribution is -2.39. The summed E-state index contributed by atoms with van der Waals surface area (Å²) in [6, 6.07) is 24.8. The summed E-state index contributed by atoms with van der Waals surface area (Å²) < 4.78 is 7.28. The summed E-state index contributed by atoms with van der Waals surface area (Å²) in [5.41, 5.74) is 3.17. The normalized spacial score (nSPS) is 11.0. The molecular formula is C29H32N4O3. The van der Waals surface area contributed by atoms with E-state index in [4.69, 9.17) is 9.72 Å². The molecule has 7 nitrogen and oxygen atoms in total. The molecule has 0 saturated carbocycles. The Balaban J connectivity index is 1.48. The molecule has 0 fully saturated rings. The first-order valence-corrected chi connectivity index (χ1v) is 12.2. The van der Waals surface area contributed by atoms with Gasteiger partial charge in [-0.3, -0.25) is 9.59 Å². The fraction of sp³-hybridized carbons (Fsp3) is 0.276.